The van der Waals surface area contributed by atoms with E-state index in [1.165, 1.54) is 6.42 Å². The summed E-state index contributed by atoms with van der Waals surface area (Å²) in [5, 5.41) is 17.3. The molecule has 4 heteroatoms. The van der Waals surface area contributed by atoms with Crippen LogP contribution in [0, 0.1) is 5.92 Å². The average molecular weight is 293 g/mol. The van der Waals surface area contributed by atoms with E-state index in [-0.39, 0.29) is 6.04 Å². The highest BCUT2D eigenvalue weighted by Gasteiger charge is 2.44. The summed E-state index contributed by atoms with van der Waals surface area (Å²) in [5.74, 6) is 0.361. The van der Waals surface area contributed by atoms with Crippen molar-refractivity contribution >= 4 is 21.4 Å². The summed E-state index contributed by atoms with van der Waals surface area (Å²) < 4.78 is 14.8. The number of nitrogens with one attached hydrogen (secondary N) is 1. The van der Waals surface area contributed by atoms with E-state index in [1.54, 1.807) is 11.3 Å². The van der Waals surface area contributed by atoms with E-state index in [4.69, 9.17) is 0 Å². The lowest BCUT2D eigenvalue weighted by atomic mass is 9.71. The Morgan fingerprint density at radius 3 is 2.85 bits per heavy atom. The Hall–Kier alpha value is -0.970. The lowest BCUT2D eigenvalue weighted by molar-refractivity contribution is -0.0530. The Kier molecular flexibility index (Phi) is 3.80. The Balaban J connectivity index is 2.00. The first-order chi connectivity index (χ1) is 9.69. The van der Waals surface area contributed by atoms with Crippen LogP contribution in [0.1, 0.15) is 24.8 Å². The first-order valence-electron chi connectivity index (χ1n) is 7.12. The molecule has 2 N–H and O–H groups in total. The summed E-state index contributed by atoms with van der Waals surface area (Å²) in [5.41, 5.74) is -0.751. The lowest BCUT2D eigenvalue weighted by Gasteiger charge is -2.43. The highest BCUT2D eigenvalue weighted by atomic mass is 32.1. The third-order valence-electron chi connectivity index (χ3n) is 4.61. The summed E-state index contributed by atoms with van der Waals surface area (Å²) in [6.07, 6.45) is 3.30. The maximum absolute atomic E-state index is 13.7. The standard InChI is InChI=1S/C16H20FNOS/c1-18-15(12-3-2-4-12)16(19,10-17)13-6-5-11-7-8-20-14(11)9-13/h5-9,12,15,18-19H,2-4,10H2,1H3. The predicted octanol–water partition coefficient (Wildman–Crippen LogP) is 3.45. The Morgan fingerprint density at radius 1 is 1.45 bits per heavy atom. The molecule has 0 radical (unpaired) electrons. The lowest BCUT2D eigenvalue weighted by Crippen LogP contribution is -2.54. The number of thiophene rings is 1. The fraction of sp³-hybridized carbons (Fsp3) is 0.500. The van der Waals surface area contributed by atoms with E-state index in [9.17, 15) is 9.50 Å². The molecule has 108 valence electrons. The minimum atomic E-state index is -1.43. The molecule has 3 rings (SSSR count). The molecular weight excluding hydrogens is 273 g/mol. The summed E-state index contributed by atoms with van der Waals surface area (Å²) in [6, 6.07) is 7.58. The maximum atomic E-state index is 13.7. The second kappa shape index (κ2) is 5.43. The number of alkyl halides is 1. The number of fused-ring (bicyclic) bond motifs is 1. The molecule has 0 bridgehead atoms. The molecule has 0 spiro atoms. The van der Waals surface area contributed by atoms with Crippen molar-refractivity contribution in [1.29, 1.82) is 0 Å². The van der Waals surface area contributed by atoms with Crippen LogP contribution in [0.2, 0.25) is 0 Å². The number of hydrogen-bond donors (Lipinski definition) is 2. The maximum Gasteiger partial charge on any atom is 0.133 e. The van der Waals surface area contributed by atoms with E-state index in [0.717, 1.165) is 22.9 Å². The molecule has 2 unspecified atom stereocenters. The number of benzene rings is 1. The molecule has 1 aliphatic carbocycles. The first kappa shape index (κ1) is 14.0. The molecule has 0 amide bonds. The highest BCUT2D eigenvalue weighted by Crippen LogP contribution is 2.39. The zero-order valence-electron chi connectivity index (χ0n) is 11.6. The Labute approximate surface area is 122 Å². The van der Waals surface area contributed by atoms with Gasteiger partial charge in [-0.15, -0.1) is 11.3 Å². The Morgan fingerprint density at radius 2 is 2.25 bits per heavy atom. The number of likely N-dealkylation sites (N-methyl/N-ethyl adjacent to an activating group) is 1. The van der Waals surface area contributed by atoms with Crippen molar-refractivity contribution in [2.24, 2.45) is 5.92 Å². The van der Waals surface area contributed by atoms with Crippen LogP contribution in [-0.2, 0) is 5.60 Å². The summed E-state index contributed by atoms with van der Waals surface area (Å²) >= 11 is 1.62. The second-order valence-corrected chi connectivity index (χ2v) is 6.64. The average Bonchev–Trinajstić information content (AvgIpc) is 2.89. The molecule has 1 aromatic carbocycles. The van der Waals surface area contributed by atoms with Crippen molar-refractivity contribution in [3.05, 3.63) is 35.2 Å². The van der Waals surface area contributed by atoms with Gasteiger partial charge >= 0.3 is 0 Å². The third kappa shape index (κ3) is 2.16. The van der Waals surface area contributed by atoms with Gasteiger partial charge in [-0.3, -0.25) is 0 Å². The molecule has 1 aromatic heterocycles. The molecule has 20 heavy (non-hydrogen) atoms. The third-order valence-corrected chi connectivity index (χ3v) is 5.49. The van der Waals surface area contributed by atoms with Gasteiger partial charge in [0.05, 0.1) is 0 Å². The van der Waals surface area contributed by atoms with Gasteiger partial charge in [-0.1, -0.05) is 18.6 Å². The van der Waals surface area contributed by atoms with Gasteiger partial charge in [-0.05, 0) is 54.3 Å². The molecular formula is C16H20FNOS. The fourth-order valence-corrected chi connectivity index (χ4v) is 4.03. The van der Waals surface area contributed by atoms with Crippen LogP contribution in [-0.4, -0.2) is 24.9 Å². The monoisotopic (exact) mass is 293 g/mol. The van der Waals surface area contributed by atoms with Crippen molar-refractivity contribution < 1.29 is 9.50 Å². The van der Waals surface area contributed by atoms with Crippen LogP contribution in [0.5, 0.6) is 0 Å². The van der Waals surface area contributed by atoms with Crippen LogP contribution < -0.4 is 5.32 Å². The molecule has 0 aliphatic heterocycles. The topological polar surface area (TPSA) is 32.3 Å². The summed E-state index contributed by atoms with van der Waals surface area (Å²) in [7, 11) is 1.81. The smallest absolute Gasteiger partial charge is 0.133 e. The van der Waals surface area contributed by atoms with Gasteiger partial charge in [0.25, 0.3) is 0 Å². The van der Waals surface area contributed by atoms with Gasteiger partial charge in [0.2, 0.25) is 0 Å². The largest absolute Gasteiger partial charge is 0.381 e. The normalized spacial score (nSPS) is 20.6. The Bertz CT molecular complexity index is 595. The molecule has 1 aliphatic rings. The van der Waals surface area contributed by atoms with Crippen molar-refractivity contribution in [1.82, 2.24) is 5.32 Å². The number of rotatable bonds is 5. The van der Waals surface area contributed by atoms with Crippen molar-refractivity contribution in [2.45, 2.75) is 30.9 Å². The quantitative estimate of drug-likeness (QED) is 0.885. The van der Waals surface area contributed by atoms with Crippen LogP contribution >= 0.6 is 11.3 Å². The first-order valence-corrected chi connectivity index (χ1v) is 8.00. The van der Waals surface area contributed by atoms with E-state index >= 15 is 0 Å². The molecule has 1 saturated carbocycles. The van der Waals surface area contributed by atoms with E-state index < -0.39 is 12.3 Å². The van der Waals surface area contributed by atoms with Gasteiger partial charge in [0.15, 0.2) is 0 Å². The van der Waals surface area contributed by atoms with Crippen molar-refractivity contribution in [3.8, 4) is 0 Å². The van der Waals surface area contributed by atoms with E-state index in [0.29, 0.717) is 11.5 Å². The van der Waals surface area contributed by atoms with Crippen LogP contribution in [0.4, 0.5) is 4.39 Å². The van der Waals surface area contributed by atoms with Crippen LogP contribution in [0.15, 0.2) is 29.6 Å². The number of hydrogen-bond acceptors (Lipinski definition) is 3. The van der Waals surface area contributed by atoms with Gasteiger partial charge in [0.1, 0.15) is 12.3 Å². The van der Waals surface area contributed by atoms with Gasteiger partial charge < -0.3 is 10.4 Å². The minimum absolute atomic E-state index is 0.223. The van der Waals surface area contributed by atoms with E-state index in [2.05, 4.69) is 5.32 Å². The number of aliphatic hydroxyl groups is 1. The zero-order chi connectivity index (χ0) is 14.2. The highest BCUT2D eigenvalue weighted by molar-refractivity contribution is 7.17. The molecule has 2 atom stereocenters. The van der Waals surface area contributed by atoms with Gasteiger partial charge in [-0.25, -0.2) is 4.39 Å². The number of halogens is 1. The van der Waals surface area contributed by atoms with Crippen molar-refractivity contribution in [2.75, 3.05) is 13.7 Å². The zero-order valence-corrected chi connectivity index (χ0v) is 12.4. The summed E-state index contributed by atoms with van der Waals surface area (Å²) in [4.78, 5) is 0. The van der Waals surface area contributed by atoms with Gasteiger partial charge in [-0.2, -0.15) is 0 Å². The second-order valence-electron chi connectivity index (χ2n) is 5.69. The van der Waals surface area contributed by atoms with Crippen molar-refractivity contribution in [3.63, 3.8) is 0 Å². The molecule has 2 aromatic rings. The molecule has 0 saturated heterocycles. The fourth-order valence-electron chi connectivity index (χ4n) is 3.20. The van der Waals surface area contributed by atoms with Crippen LogP contribution in [0.3, 0.4) is 0 Å². The SMILES string of the molecule is CNC(C1CCC1)C(O)(CF)c1ccc2ccsc2c1. The summed E-state index contributed by atoms with van der Waals surface area (Å²) in [6.45, 7) is -0.758. The van der Waals surface area contributed by atoms with Gasteiger partial charge in [0, 0.05) is 10.7 Å². The minimum Gasteiger partial charge on any atom is -0.381 e. The van der Waals surface area contributed by atoms with E-state index in [1.807, 2.05) is 36.7 Å². The molecule has 1 heterocycles. The van der Waals surface area contributed by atoms with Crippen LogP contribution in [0.25, 0.3) is 10.1 Å². The predicted molar refractivity (Wildman–Crippen MR) is 81.9 cm³/mol. The molecule has 2 nitrogen and oxygen atoms in total. The molecule has 1 fully saturated rings.